The molecule has 1 aromatic heterocycles. The topological polar surface area (TPSA) is 54.5 Å². The third kappa shape index (κ3) is 4.05. The average molecular weight is 299 g/mol. The van der Waals surface area contributed by atoms with E-state index < -0.39 is 0 Å². The second kappa shape index (κ2) is 7.04. The molecule has 2 rings (SSSR count). The Kier molecular flexibility index (Phi) is 5.12. The number of anilines is 1. The molecule has 116 valence electrons. The molecule has 0 radical (unpaired) electrons. The Hall–Kier alpha value is -2.40. The van der Waals surface area contributed by atoms with Gasteiger partial charge in [0.2, 0.25) is 0 Å². The van der Waals surface area contributed by atoms with Gasteiger partial charge in [0.15, 0.2) is 0 Å². The van der Waals surface area contributed by atoms with Gasteiger partial charge in [-0.25, -0.2) is 4.98 Å². The molecular formula is C17H21N3O2. The van der Waals surface area contributed by atoms with E-state index in [0.717, 1.165) is 17.0 Å². The summed E-state index contributed by atoms with van der Waals surface area (Å²) in [4.78, 5) is 18.7. The van der Waals surface area contributed by atoms with E-state index in [0.29, 0.717) is 17.9 Å². The molecule has 0 bridgehead atoms. The van der Waals surface area contributed by atoms with E-state index in [2.05, 4.69) is 10.3 Å². The Balaban J connectivity index is 2.15. The minimum Gasteiger partial charge on any atom is -0.496 e. The van der Waals surface area contributed by atoms with E-state index >= 15 is 0 Å². The van der Waals surface area contributed by atoms with Crippen molar-refractivity contribution in [1.82, 2.24) is 9.88 Å². The maximum absolute atomic E-state index is 12.3. The second-order valence-electron chi connectivity index (χ2n) is 5.39. The van der Waals surface area contributed by atoms with Gasteiger partial charge in [0.05, 0.1) is 12.8 Å². The second-order valence-corrected chi connectivity index (χ2v) is 5.39. The van der Waals surface area contributed by atoms with Gasteiger partial charge in [-0.1, -0.05) is 12.1 Å². The molecule has 0 aliphatic rings. The number of amides is 1. The molecule has 0 fully saturated rings. The molecule has 0 aliphatic carbocycles. The van der Waals surface area contributed by atoms with Crippen LogP contribution in [0.1, 0.15) is 21.7 Å². The predicted octanol–water partition coefficient (Wildman–Crippen LogP) is 2.71. The van der Waals surface area contributed by atoms with Crippen LogP contribution in [0.3, 0.4) is 0 Å². The van der Waals surface area contributed by atoms with Crippen molar-refractivity contribution in [3.63, 3.8) is 0 Å². The van der Waals surface area contributed by atoms with Crippen LogP contribution >= 0.6 is 0 Å². The number of benzene rings is 1. The highest BCUT2D eigenvalue weighted by molar-refractivity contribution is 6.03. The number of methoxy groups -OCH3 is 1. The Labute approximate surface area is 130 Å². The molecule has 0 spiro atoms. The summed E-state index contributed by atoms with van der Waals surface area (Å²) in [5.41, 5.74) is 2.97. The molecule has 1 amide bonds. The van der Waals surface area contributed by atoms with Crippen LogP contribution < -0.4 is 10.1 Å². The number of aromatic nitrogens is 1. The lowest BCUT2D eigenvalue weighted by Gasteiger charge is -2.11. The van der Waals surface area contributed by atoms with Crippen LogP contribution in [0, 0.1) is 6.92 Å². The third-order valence-corrected chi connectivity index (χ3v) is 3.18. The fourth-order valence-corrected chi connectivity index (χ4v) is 2.11. The molecule has 1 heterocycles. The Morgan fingerprint density at radius 2 is 2.05 bits per heavy atom. The summed E-state index contributed by atoms with van der Waals surface area (Å²) in [7, 11) is 5.54. The zero-order chi connectivity index (χ0) is 16.1. The van der Waals surface area contributed by atoms with E-state index in [1.54, 1.807) is 19.2 Å². The monoisotopic (exact) mass is 299 g/mol. The lowest BCUT2D eigenvalue weighted by molar-refractivity contribution is 0.102. The van der Waals surface area contributed by atoms with Crippen molar-refractivity contribution in [1.29, 1.82) is 0 Å². The minimum atomic E-state index is -0.230. The van der Waals surface area contributed by atoms with Gasteiger partial charge in [-0.3, -0.25) is 4.79 Å². The van der Waals surface area contributed by atoms with Crippen molar-refractivity contribution >= 4 is 11.6 Å². The number of nitrogens with one attached hydrogen (secondary N) is 1. The Bertz CT molecular complexity index is 669. The molecule has 0 aliphatic heterocycles. The summed E-state index contributed by atoms with van der Waals surface area (Å²) in [6.07, 6.45) is 0. The maximum atomic E-state index is 12.3. The fraction of sp³-hybridized carbons (Fsp3) is 0.294. The summed E-state index contributed by atoms with van der Waals surface area (Å²) in [5.74, 6) is 0.513. The predicted molar refractivity (Wildman–Crippen MR) is 87.3 cm³/mol. The highest BCUT2D eigenvalue weighted by Crippen LogP contribution is 2.22. The summed E-state index contributed by atoms with van der Waals surface area (Å²) >= 11 is 0. The molecule has 0 atom stereocenters. The van der Waals surface area contributed by atoms with E-state index in [-0.39, 0.29) is 5.91 Å². The number of hydrogen-bond acceptors (Lipinski definition) is 4. The first kappa shape index (κ1) is 16.0. The van der Waals surface area contributed by atoms with Crippen LogP contribution in [0.4, 0.5) is 5.69 Å². The van der Waals surface area contributed by atoms with Crippen LogP contribution in [-0.2, 0) is 6.54 Å². The van der Waals surface area contributed by atoms with E-state index in [1.165, 1.54) is 0 Å². The minimum absolute atomic E-state index is 0.230. The summed E-state index contributed by atoms with van der Waals surface area (Å²) in [6, 6.07) is 11.0. The van der Waals surface area contributed by atoms with Crippen LogP contribution in [0.5, 0.6) is 5.75 Å². The lowest BCUT2D eigenvalue weighted by atomic mass is 10.2. The summed E-state index contributed by atoms with van der Waals surface area (Å²) in [5, 5.41) is 2.85. The van der Waals surface area contributed by atoms with Crippen LogP contribution in [0.2, 0.25) is 0 Å². The molecular weight excluding hydrogens is 278 g/mol. The van der Waals surface area contributed by atoms with Crippen molar-refractivity contribution in [2.45, 2.75) is 13.5 Å². The first-order valence-electron chi connectivity index (χ1n) is 7.06. The highest BCUT2D eigenvalue weighted by Gasteiger charge is 2.10. The number of carbonyl (C=O) groups is 1. The molecule has 5 nitrogen and oxygen atoms in total. The number of nitrogens with zero attached hydrogens (tertiary/aromatic N) is 2. The smallest absolute Gasteiger partial charge is 0.274 e. The van der Waals surface area contributed by atoms with Gasteiger partial charge in [-0.15, -0.1) is 0 Å². The van der Waals surface area contributed by atoms with Crippen molar-refractivity contribution in [3.05, 3.63) is 53.3 Å². The third-order valence-electron chi connectivity index (χ3n) is 3.18. The zero-order valence-electron chi connectivity index (χ0n) is 13.4. The zero-order valence-corrected chi connectivity index (χ0v) is 13.4. The number of hydrogen-bond donors (Lipinski definition) is 1. The Morgan fingerprint density at radius 1 is 1.27 bits per heavy atom. The molecule has 5 heteroatoms. The number of ether oxygens (including phenoxy) is 1. The Morgan fingerprint density at radius 3 is 2.73 bits per heavy atom. The van der Waals surface area contributed by atoms with Gasteiger partial charge in [0.1, 0.15) is 11.4 Å². The number of rotatable bonds is 5. The largest absolute Gasteiger partial charge is 0.496 e. The molecule has 1 N–H and O–H groups in total. The van der Waals surface area contributed by atoms with Crippen molar-refractivity contribution < 1.29 is 9.53 Å². The summed E-state index contributed by atoms with van der Waals surface area (Å²) < 4.78 is 5.26. The number of aryl methyl sites for hydroxylation is 1. The molecule has 0 unspecified atom stereocenters. The van der Waals surface area contributed by atoms with Crippen molar-refractivity contribution in [2.24, 2.45) is 0 Å². The average Bonchev–Trinajstić information content (AvgIpc) is 2.48. The SMILES string of the molecule is COc1cc(NC(=O)c2cccc(CN(C)C)n2)ccc1C. The van der Waals surface area contributed by atoms with Crippen LogP contribution in [0.25, 0.3) is 0 Å². The molecule has 1 aromatic carbocycles. The highest BCUT2D eigenvalue weighted by atomic mass is 16.5. The van der Waals surface area contributed by atoms with Gasteiger partial charge in [0, 0.05) is 18.3 Å². The summed E-state index contributed by atoms with van der Waals surface area (Å²) in [6.45, 7) is 2.65. The van der Waals surface area contributed by atoms with Gasteiger partial charge < -0.3 is 15.0 Å². The quantitative estimate of drug-likeness (QED) is 0.922. The maximum Gasteiger partial charge on any atom is 0.274 e. The van der Waals surface area contributed by atoms with E-state index in [4.69, 9.17) is 4.74 Å². The van der Waals surface area contributed by atoms with Gasteiger partial charge in [0.25, 0.3) is 5.91 Å². The first-order valence-corrected chi connectivity index (χ1v) is 7.06. The van der Waals surface area contributed by atoms with Gasteiger partial charge in [-0.05, 0) is 44.8 Å². The standard InChI is InChI=1S/C17H21N3O2/c1-12-8-9-13(10-16(12)22-4)19-17(21)15-7-5-6-14(18-15)11-20(2)3/h5-10H,11H2,1-4H3,(H,19,21). The molecule has 0 saturated heterocycles. The lowest BCUT2D eigenvalue weighted by Crippen LogP contribution is -2.17. The van der Waals surface area contributed by atoms with E-state index in [1.807, 2.05) is 50.2 Å². The first-order chi connectivity index (χ1) is 10.5. The van der Waals surface area contributed by atoms with E-state index in [9.17, 15) is 4.79 Å². The number of carbonyl (C=O) groups excluding carboxylic acids is 1. The molecule has 22 heavy (non-hydrogen) atoms. The van der Waals surface area contributed by atoms with Crippen molar-refractivity contribution in [2.75, 3.05) is 26.5 Å². The normalized spacial score (nSPS) is 10.6. The number of pyridine rings is 1. The van der Waals surface area contributed by atoms with Crippen molar-refractivity contribution in [3.8, 4) is 5.75 Å². The molecule has 2 aromatic rings. The fourth-order valence-electron chi connectivity index (χ4n) is 2.11. The van der Waals surface area contributed by atoms with Crippen LogP contribution in [-0.4, -0.2) is 37.0 Å². The van der Waals surface area contributed by atoms with Crippen LogP contribution in [0.15, 0.2) is 36.4 Å². The molecule has 0 saturated carbocycles. The van der Waals surface area contributed by atoms with Gasteiger partial charge >= 0.3 is 0 Å². The van der Waals surface area contributed by atoms with Gasteiger partial charge in [-0.2, -0.15) is 0 Å².